The van der Waals surface area contributed by atoms with Gasteiger partial charge in [0.05, 0.1) is 12.7 Å². The van der Waals surface area contributed by atoms with Crippen LogP contribution >= 0.6 is 0 Å². The Morgan fingerprint density at radius 2 is 1.94 bits per heavy atom. The van der Waals surface area contributed by atoms with Gasteiger partial charge in [-0.15, -0.1) is 0 Å². The minimum atomic E-state index is -0.878. The number of aliphatic hydroxyl groups is 1. The molecule has 0 amide bonds. The van der Waals surface area contributed by atoms with Crippen LogP contribution in [0.15, 0.2) is 24.3 Å². The van der Waals surface area contributed by atoms with Crippen LogP contribution in [0, 0.1) is 5.92 Å². The Hall–Kier alpha value is -1.06. The molecule has 3 nitrogen and oxygen atoms in total. The number of hydrogen-bond donors (Lipinski definition) is 2. The van der Waals surface area contributed by atoms with Crippen LogP contribution < -0.4 is 10.5 Å². The molecule has 1 rings (SSSR count). The predicted molar refractivity (Wildman–Crippen MR) is 70.0 cm³/mol. The molecule has 0 aromatic heterocycles. The number of methoxy groups -OCH3 is 1. The highest BCUT2D eigenvalue weighted by Crippen LogP contribution is 2.32. The Morgan fingerprint density at radius 1 is 1.35 bits per heavy atom. The van der Waals surface area contributed by atoms with Gasteiger partial charge in [0.15, 0.2) is 0 Å². The zero-order chi connectivity index (χ0) is 12.9. The molecule has 0 heterocycles. The van der Waals surface area contributed by atoms with E-state index in [4.69, 9.17) is 10.5 Å². The van der Waals surface area contributed by atoms with Gasteiger partial charge in [-0.05, 0) is 37.6 Å². The Labute approximate surface area is 104 Å². The van der Waals surface area contributed by atoms with Crippen molar-refractivity contribution in [2.24, 2.45) is 11.7 Å². The number of rotatable bonds is 6. The minimum absolute atomic E-state index is 0.0842. The summed E-state index contributed by atoms with van der Waals surface area (Å²) in [6, 6.07) is 7.53. The molecule has 1 aromatic rings. The maximum Gasteiger partial charge on any atom is 0.118 e. The third-order valence-electron chi connectivity index (χ3n) is 3.39. The normalized spacial score (nSPS) is 16.3. The molecule has 0 saturated heterocycles. The van der Waals surface area contributed by atoms with Crippen molar-refractivity contribution in [1.29, 1.82) is 0 Å². The van der Waals surface area contributed by atoms with Crippen LogP contribution in [-0.4, -0.2) is 18.8 Å². The van der Waals surface area contributed by atoms with Gasteiger partial charge in [-0.25, -0.2) is 0 Å². The Kier molecular flexibility index (Phi) is 4.97. The summed E-state index contributed by atoms with van der Waals surface area (Å²) in [4.78, 5) is 0. The van der Waals surface area contributed by atoms with Crippen LogP contribution in [0.1, 0.15) is 32.3 Å². The molecular formula is C14H23NO2. The van der Waals surface area contributed by atoms with E-state index in [1.54, 1.807) is 7.11 Å². The summed E-state index contributed by atoms with van der Waals surface area (Å²) < 4.78 is 5.11. The summed E-state index contributed by atoms with van der Waals surface area (Å²) in [6.45, 7) is 4.43. The van der Waals surface area contributed by atoms with Crippen LogP contribution in [0.25, 0.3) is 0 Å². The first-order valence-corrected chi connectivity index (χ1v) is 6.13. The van der Waals surface area contributed by atoms with Gasteiger partial charge in [-0.3, -0.25) is 0 Å². The lowest BCUT2D eigenvalue weighted by Gasteiger charge is -2.32. The molecule has 2 unspecified atom stereocenters. The van der Waals surface area contributed by atoms with E-state index in [0.29, 0.717) is 6.54 Å². The lowest BCUT2D eigenvalue weighted by Crippen LogP contribution is -2.36. The molecule has 0 aliphatic rings. The quantitative estimate of drug-likeness (QED) is 0.798. The molecule has 0 aliphatic carbocycles. The Morgan fingerprint density at radius 3 is 2.35 bits per heavy atom. The number of ether oxygens (including phenoxy) is 1. The Balaban J connectivity index is 2.93. The highest BCUT2D eigenvalue weighted by atomic mass is 16.5. The van der Waals surface area contributed by atoms with Crippen molar-refractivity contribution in [1.82, 2.24) is 0 Å². The number of nitrogens with two attached hydrogens (primary N) is 1. The molecule has 3 N–H and O–H groups in total. The first-order valence-electron chi connectivity index (χ1n) is 6.13. The standard InChI is InChI=1S/C14H23NO2/c1-4-5-12(10-15)14(2,16)11-6-8-13(17-3)9-7-11/h6-9,12,16H,4-5,10,15H2,1-3H3. The van der Waals surface area contributed by atoms with E-state index in [1.807, 2.05) is 31.2 Å². The van der Waals surface area contributed by atoms with Crippen molar-refractivity contribution in [3.05, 3.63) is 29.8 Å². The molecule has 0 bridgehead atoms. The molecule has 3 heteroatoms. The van der Waals surface area contributed by atoms with Crippen LogP contribution in [-0.2, 0) is 5.60 Å². The topological polar surface area (TPSA) is 55.5 Å². The molecule has 0 aliphatic heterocycles. The molecule has 96 valence electrons. The van der Waals surface area contributed by atoms with Gasteiger partial charge in [0.25, 0.3) is 0 Å². The van der Waals surface area contributed by atoms with E-state index in [0.717, 1.165) is 24.2 Å². The van der Waals surface area contributed by atoms with Crippen LogP contribution in [0.4, 0.5) is 0 Å². The van der Waals surface area contributed by atoms with Gasteiger partial charge in [0.2, 0.25) is 0 Å². The zero-order valence-electron chi connectivity index (χ0n) is 10.9. The van der Waals surface area contributed by atoms with Crippen LogP contribution in [0.3, 0.4) is 0 Å². The van der Waals surface area contributed by atoms with E-state index in [9.17, 15) is 5.11 Å². The highest BCUT2D eigenvalue weighted by Gasteiger charge is 2.31. The number of benzene rings is 1. The lowest BCUT2D eigenvalue weighted by atomic mass is 9.80. The van der Waals surface area contributed by atoms with Gasteiger partial charge in [0, 0.05) is 5.92 Å². The summed E-state index contributed by atoms with van der Waals surface area (Å²) in [5.41, 5.74) is 5.77. The molecule has 0 radical (unpaired) electrons. The summed E-state index contributed by atoms with van der Waals surface area (Å²) in [7, 11) is 1.63. The van der Waals surface area contributed by atoms with Gasteiger partial charge >= 0.3 is 0 Å². The largest absolute Gasteiger partial charge is 0.497 e. The van der Waals surface area contributed by atoms with Gasteiger partial charge in [0.1, 0.15) is 5.75 Å². The first-order chi connectivity index (χ1) is 8.06. The summed E-state index contributed by atoms with van der Waals surface area (Å²) >= 11 is 0. The summed E-state index contributed by atoms with van der Waals surface area (Å²) in [5, 5.41) is 10.6. The average molecular weight is 237 g/mol. The molecule has 2 atom stereocenters. The second-order valence-corrected chi connectivity index (χ2v) is 4.60. The summed E-state index contributed by atoms with van der Waals surface area (Å²) in [5.74, 6) is 0.880. The maximum atomic E-state index is 10.6. The van der Waals surface area contributed by atoms with Crippen molar-refractivity contribution in [3.63, 3.8) is 0 Å². The van der Waals surface area contributed by atoms with Crippen LogP contribution in [0.2, 0.25) is 0 Å². The Bertz CT molecular complexity index is 333. The second kappa shape index (κ2) is 6.03. The van der Waals surface area contributed by atoms with Crippen molar-refractivity contribution >= 4 is 0 Å². The van der Waals surface area contributed by atoms with Crippen LogP contribution in [0.5, 0.6) is 5.75 Å². The molecule has 0 spiro atoms. The molecule has 0 saturated carbocycles. The zero-order valence-corrected chi connectivity index (χ0v) is 10.9. The average Bonchev–Trinajstić information content (AvgIpc) is 2.35. The van der Waals surface area contributed by atoms with Gasteiger partial charge in [-0.1, -0.05) is 25.5 Å². The van der Waals surface area contributed by atoms with E-state index < -0.39 is 5.60 Å². The first kappa shape index (κ1) is 14.0. The van der Waals surface area contributed by atoms with E-state index in [2.05, 4.69) is 6.92 Å². The number of hydrogen-bond acceptors (Lipinski definition) is 3. The fraction of sp³-hybridized carbons (Fsp3) is 0.571. The monoisotopic (exact) mass is 237 g/mol. The van der Waals surface area contributed by atoms with Gasteiger partial charge < -0.3 is 15.6 Å². The smallest absolute Gasteiger partial charge is 0.118 e. The third kappa shape index (κ3) is 3.20. The summed E-state index contributed by atoms with van der Waals surface area (Å²) in [6.07, 6.45) is 1.95. The second-order valence-electron chi connectivity index (χ2n) is 4.60. The van der Waals surface area contributed by atoms with E-state index in [1.165, 1.54) is 0 Å². The highest BCUT2D eigenvalue weighted by molar-refractivity contribution is 5.31. The fourth-order valence-electron chi connectivity index (χ4n) is 2.14. The van der Waals surface area contributed by atoms with Crippen molar-refractivity contribution in [3.8, 4) is 5.75 Å². The molecular weight excluding hydrogens is 214 g/mol. The van der Waals surface area contributed by atoms with Crippen molar-refractivity contribution in [2.75, 3.05) is 13.7 Å². The van der Waals surface area contributed by atoms with Crippen molar-refractivity contribution < 1.29 is 9.84 Å². The van der Waals surface area contributed by atoms with Gasteiger partial charge in [-0.2, -0.15) is 0 Å². The van der Waals surface area contributed by atoms with E-state index in [-0.39, 0.29) is 5.92 Å². The predicted octanol–water partition coefficient (Wildman–Crippen LogP) is 2.28. The van der Waals surface area contributed by atoms with Crippen molar-refractivity contribution in [2.45, 2.75) is 32.3 Å². The van der Waals surface area contributed by atoms with E-state index >= 15 is 0 Å². The molecule has 17 heavy (non-hydrogen) atoms. The lowest BCUT2D eigenvalue weighted by molar-refractivity contribution is -0.00630. The molecule has 1 aromatic carbocycles. The minimum Gasteiger partial charge on any atom is -0.497 e. The fourth-order valence-corrected chi connectivity index (χ4v) is 2.14. The SMILES string of the molecule is CCCC(CN)C(C)(O)c1ccc(OC)cc1. The third-order valence-corrected chi connectivity index (χ3v) is 3.39. The maximum absolute atomic E-state index is 10.6. The molecule has 0 fully saturated rings.